The number of carbonyl (C=O) groups is 1. The molecule has 0 spiro atoms. The van der Waals surface area contributed by atoms with E-state index in [2.05, 4.69) is 0 Å². The van der Waals surface area contributed by atoms with Crippen molar-refractivity contribution < 1.29 is 4.79 Å². The van der Waals surface area contributed by atoms with Crippen molar-refractivity contribution in [3.05, 3.63) is 29.8 Å². The number of rotatable bonds is 2. The van der Waals surface area contributed by atoms with Crippen molar-refractivity contribution in [2.24, 2.45) is 0 Å². The number of nitrogens with zero attached hydrogens (tertiary/aromatic N) is 2. The number of anilines is 1. The van der Waals surface area contributed by atoms with Crippen molar-refractivity contribution in [1.29, 1.82) is 0 Å². The van der Waals surface area contributed by atoms with Crippen molar-refractivity contribution in [3.63, 3.8) is 0 Å². The van der Waals surface area contributed by atoms with Crippen LogP contribution < -0.4 is 4.90 Å². The second-order valence-electron chi connectivity index (χ2n) is 4.08. The van der Waals surface area contributed by atoms with Crippen LogP contribution in [0.15, 0.2) is 24.3 Å². The molecule has 0 saturated carbocycles. The van der Waals surface area contributed by atoms with Crippen LogP contribution in [0.1, 0.15) is 5.56 Å². The molecule has 4 heteroatoms. The number of halogens is 1. The van der Waals surface area contributed by atoms with Crippen LogP contribution in [0.4, 0.5) is 5.69 Å². The van der Waals surface area contributed by atoms with E-state index in [4.69, 9.17) is 11.6 Å². The van der Waals surface area contributed by atoms with E-state index in [0.717, 1.165) is 24.3 Å². The van der Waals surface area contributed by atoms with E-state index < -0.39 is 0 Å². The lowest BCUT2D eigenvalue weighted by atomic mass is 10.2. The highest BCUT2D eigenvalue weighted by Gasteiger charge is 2.22. The van der Waals surface area contributed by atoms with Crippen molar-refractivity contribution in [1.82, 2.24) is 4.90 Å². The van der Waals surface area contributed by atoms with E-state index in [0.29, 0.717) is 12.4 Å². The molecule has 1 aromatic carbocycles. The molecule has 0 atom stereocenters. The van der Waals surface area contributed by atoms with Gasteiger partial charge in [0, 0.05) is 24.7 Å². The average molecular weight is 239 g/mol. The largest absolute Gasteiger partial charge is 0.310 e. The van der Waals surface area contributed by atoms with Crippen molar-refractivity contribution in [2.75, 3.05) is 31.6 Å². The molecule has 3 nitrogen and oxygen atoms in total. The molecule has 0 aromatic heterocycles. The topological polar surface area (TPSA) is 23.6 Å². The van der Waals surface area contributed by atoms with Crippen LogP contribution in [0.2, 0.25) is 0 Å². The van der Waals surface area contributed by atoms with Crippen molar-refractivity contribution in [2.45, 2.75) is 5.88 Å². The van der Waals surface area contributed by atoms with Gasteiger partial charge in [0.1, 0.15) is 0 Å². The molecule has 0 unspecified atom stereocenters. The van der Waals surface area contributed by atoms with Gasteiger partial charge in [-0.25, -0.2) is 0 Å². The van der Waals surface area contributed by atoms with Gasteiger partial charge in [-0.3, -0.25) is 9.69 Å². The standard InChI is InChI=1S/C12H15ClN2O/c1-14-6-7-15(12(16)9-14)11-4-2-10(8-13)3-5-11/h2-5H,6-9H2,1H3. The smallest absolute Gasteiger partial charge is 0.241 e. The maximum absolute atomic E-state index is 11.8. The zero-order chi connectivity index (χ0) is 11.5. The number of carbonyl (C=O) groups excluding carboxylic acids is 1. The molecule has 1 saturated heterocycles. The second-order valence-corrected chi connectivity index (χ2v) is 4.35. The Labute approximate surface area is 101 Å². The molecule has 2 rings (SSSR count). The fraction of sp³-hybridized carbons (Fsp3) is 0.417. The summed E-state index contributed by atoms with van der Waals surface area (Å²) in [6.07, 6.45) is 0. The molecule has 1 amide bonds. The first-order valence-electron chi connectivity index (χ1n) is 5.34. The predicted octanol–water partition coefficient (Wildman–Crippen LogP) is 1.70. The van der Waals surface area contributed by atoms with E-state index in [1.807, 2.05) is 41.1 Å². The van der Waals surface area contributed by atoms with Crippen LogP contribution in [0, 0.1) is 0 Å². The van der Waals surface area contributed by atoms with E-state index >= 15 is 0 Å². The number of piperazine rings is 1. The zero-order valence-electron chi connectivity index (χ0n) is 9.32. The van der Waals surface area contributed by atoms with Gasteiger partial charge in [0.05, 0.1) is 6.54 Å². The molecule has 16 heavy (non-hydrogen) atoms. The van der Waals surface area contributed by atoms with Crippen LogP contribution in [-0.2, 0) is 10.7 Å². The van der Waals surface area contributed by atoms with E-state index in [1.165, 1.54) is 0 Å². The fourth-order valence-electron chi connectivity index (χ4n) is 1.83. The first kappa shape index (κ1) is 11.4. The van der Waals surface area contributed by atoms with Gasteiger partial charge in [-0.2, -0.15) is 0 Å². The predicted molar refractivity (Wildman–Crippen MR) is 65.8 cm³/mol. The SMILES string of the molecule is CN1CCN(c2ccc(CCl)cc2)C(=O)C1. The summed E-state index contributed by atoms with van der Waals surface area (Å²) in [7, 11) is 1.96. The second kappa shape index (κ2) is 4.85. The van der Waals surface area contributed by atoms with Crippen LogP contribution >= 0.6 is 11.6 Å². The summed E-state index contributed by atoms with van der Waals surface area (Å²) >= 11 is 5.73. The molecule has 1 fully saturated rings. The molecule has 1 aromatic rings. The number of likely N-dealkylation sites (N-methyl/N-ethyl adjacent to an activating group) is 1. The van der Waals surface area contributed by atoms with Gasteiger partial charge in [-0.15, -0.1) is 11.6 Å². The lowest BCUT2D eigenvalue weighted by Gasteiger charge is -2.32. The Balaban J connectivity index is 2.14. The molecule has 0 N–H and O–H groups in total. The normalized spacial score (nSPS) is 17.9. The molecule has 0 bridgehead atoms. The number of hydrogen-bond acceptors (Lipinski definition) is 2. The quantitative estimate of drug-likeness (QED) is 0.733. The lowest BCUT2D eigenvalue weighted by Crippen LogP contribution is -2.48. The summed E-state index contributed by atoms with van der Waals surface area (Å²) in [5, 5.41) is 0. The summed E-state index contributed by atoms with van der Waals surface area (Å²) < 4.78 is 0. The highest BCUT2D eigenvalue weighted by molar-refractivity contribution is 6.17. The third-order valence-corrected chi connectivity index (χ3v) is 3.12. The maximum atomic E-state index is 11.8. The maximum Gasteiger partial charge on any atom is 0.241 e. The number of amides is 1. The molecule has 0 aliphatic carbocycles. The molecule has 86 valence electrons. The van der Waals surface area contributed by atoms with Gasteiger partial charge >= 0.3 is 0 Å². The van der Waals surface area contributed by atoms with Crippen LogP contribution in [0.5, 0.6) is 0 Å². The lowest BCUT2D eigenvalue weighted by molar-refractivity contribution is -0.120. The number of hydrogen-bond donors (Lipinski definition) is 0. The van der Waals surface area contributed by atoms with Gasteiger partial charge < -0.3 is 4.90 Å². The molecule has 1 aliphatic rings. The summed E-state index contributed by atoms with van der Waals surface area (Å²) in [6, 6.07) is 7.85. The third kappa shape index (κ3) is 2.36. The minimum absolute atomic E-state index is 0.160. The third-order valence-electron chi connectivity index (χ3n) is 2.81. The molecule has 1 heterocycles. The highest BCUT2D eigenvalue weighted by atomic mass is 35.5. The van der Waals surface area contributed by atoms with Gasteiger partial charge in [0.2, 0.25) is 5.91 Å². The molecular weight excluding hydrogens is 224 g/mol. The zero-order valence-corrected chi connectivity index (χ0v) is 10.1. The first-order chi connectivity index (χ1) is 7.70. The first-order valence-corrected chi connectivity index (χ1v) is 5.88. The Hall–Kier alpha value is -1.06. The summed E-state index contributed by atoms with van der Waals surface area (Å²) in [4.78, 5) is 15.7. The number of alkyl halides is 1. The fourth-order valence-corrected chi connectivity index (χ4v) is 2.01. The van der Waals surface area contributed by atoms with Crippen molar-refractivity contribution >= 4 is 23.2 Å². The van der Waals surface area contributed by atoms with E-state index in [9.17, 15) is 4.79 Å². The Kier molecular flexibility index (Phi) is 3.46. The Morgan fingerprint density at radius 2 is 1.94 bits per heavy atom. The Morgan fingerprint density at radius 1 is 1.25 bits per heavy atom. The van der Waals surface area contributed by atoms with Crippen LogP contribution in [0.25, 0.3) is 0 Å². The van der Waals surface area contributed by atoms with Gasteiger partial charge in [-0.1, -0.05) is 12.1 Å². The summed E-state index contributed by atoms with van der Waals surface area (Å²) in [5.74, 6) is 0.670. The Bertz CT molecular complexity index is 377. The summed E-state index contributed by atoms with van der Waals surface area (Å²) in [5.41, 5.74) is 2.04. The molecule has 1 aliphatic heterocycles. The Morgan fingerprint density at radius 3 is 2.50 bits per heavy atom. The van der Waals surface area contributed by atoms with Gasteiger partial charge in [0.25, 0.3) is 0 Å². The summed E-state index contributed by atoms with van der Waals surface area (Å²) in [6.45, 7) is 2.18. The van der Waals surface area contributed by atoms with E-state index in [-0.39, 0.29) is 5.91 Å². The van der Waals surface area contributed by atoms with E-state index in [1.54, 1.807) is 0 Å². The van der Waals surface area contributed by atoms with Gasteiger partial charge in [0.15, 0.2) is 0 Å². The molecule has 0 radical (unpaired) electrons. The minimum atomic E-state index is 0.160. The average Bonchev–Trinajstić information content (AvgIpc) is 2.29. The number of benzene rings is 1. The highest BCUT2D eigenvalue weighted by Crippen LogP contribution is 2.18. The van der Waals surface area contributed by atoms with Crippen LogP contribution in [0.3, 0.4) is 0 Å². The monoisotopic (exact) mass is 238 g/mol. The van der Waals surface area contributed by atoms with Gasteiger partial charge in [-0.05, 0) is 24.7 Å². The molecular formula is C12H15ClN2O. The van der Waals surface area contributed by atoms with Crippen LogP contribution in [-0.4, -0.2) is 37.5 Å². The van der Waals surface area contributed by atoms with Crippen molar-refractivity contribution in [3.8, 4) is 0 Å². The minimum Gasteiger partial charge on any atom is -0.310 e.